The molecule has 1 N–H and O–H groups in total. The van der Waals surface area contributed by atoms with Crippen LogP contribution in [0.5, 0.6) is 0 Å². The molecular formula is C31H36F4N2O. The molecule has 3 aliphatic rings. The maximum Gasteiger partial charge on any atom is 0.416 e. The van der Waals surface area contributed by atoms with E-state index in [1.165, 1.54) is 11.1 Å². The zero-order valence-corrected chi connectivity index (χ0v) is 22.1. The average molecular weight is 529 g/mol. The van der Waals surface area contributed by atoms with Gasteiger partial charge in [0.1, 0.15) is 5.82 Å². The van der Waals surface area contributed by atoms with Gasteiger partial charge in [-0.1, -0.05) is 56.7 Å². The predicted octanol–water partition coefficient (Wildman–Crippen LogP) is 7.11. The van der Waals surface area contributed by atoms with Crippen molar-refractivity contribution in [2.45, 2.75) is 76.6 Å². The topological polar surface area (TPSA) is 32.3 Å². The summed E-state index contributed by atoms with van der Waals surface area (Å²) in [5, 5.41) is 2.85. The largest absolute Gasteiger partial charge is 0.416 e. The lowest BCUT2D eigenvalue weighted by molar-refractivity contribution is -0.137. The molecule has 0 bridgehead atoms. The van der Waals surface area contributed by atoms with E-state index in [-0.39, 0.29) is 23.4 Å². The number of benzene rings is 2. The quantitative estimate of drug-likeness (QED) is 0.406. The van der Waals surface area contributed by atoms with Gasteiger partial charge in [-0.3, -0.25) is 9.69 Å². The molecule has 2 fully saturated rings. The third-order valence-electron chi connectivity index (χ3n) is 9.27. The van der Waals surface area contributed by atoms with Gasteiger partial charge in [0.25, 0.3) is 0 Å². The molecule has 1 aliphatic heterocycles. The van der Waals surface area contributed by atoms with Gasteiger partial charge in [0.05, 0.1) is 11.0 Å². The van der Waals surface area contributed by atoms with Crippen LogP contribution in [0.3, 0.4) is 0 Å². The van der Waals surface area contributed by atoms with Crippen molar-refractivity contribution in [3.8, 4) is 0 Å². The number of hydrogen-bond acceptors (Lipinski definition) is 2. The van der Waals surface area contributed by atoms with E-state index in [4.69, 9.17) is 0 Å². The molecule has 2 unspecified atom stereocenters. The van der Waals surface area contributed by atoms with Gasteiger partial charge in [-0.2, -0.15) is 13.2 Å². The zero-order valence-electron chi connectivity index (χ0n) is 22.1. The molecule has 2 aliphatic carbocycles. The first kappa shape index (κ1) is 26.9. The first-order valence-electron chi connectivity index (χ1n) is 13.7. The molecule has 1 spiro atoms. The van der Waals surface area contributed by atoms with Crippen LogP contribution in [0.15, 0.2) is 48.5 Å². The number of carbonyl (C=O) groups excluding carboxylic acids is 1. The van der Waals surface area contributed by atoms with E-state index in [2.05, 4.69) is 60.5 Å². The lowest BCUT2D eigenvalue weighted by Crippen LogP contribution is -2.51. The Bertz CT molecular complexity index is 1220. The summed E-state index contributed by atoms with van der Waals surface area (Å²) in [6.45, 7) is 6.21. The van der Waals surface area contributed by atoms with E-state index in [0.717, 1.165) is 63.7 Å². The van der Waals surface area contributed by atoms with Crippen molar-refractivity contribution in [3.05, 3.63) is 76.6 Å². The second kappa shape index (κ2) is 10.1. The fourth-order valence-corrected chi connectivity index (χ4v) is 7.28. The molecule has 0 radical (unpaired) electrons. The summed E-state index contributed by atoms with van der Waals surface area (Å²) in [5.41, 5.74) is 1.34. The number of fused-ring (bicyclic) bond motifs is 2. The molecule has 3 nitrogen and oxygen atoms in total. The maximum atomic E-state index is 13.8. The highest BCUT2D eigenvalue weighted by Gasteiger charge is 2.49. The smallest absolute Gasteiger partial charge is 0.352 e. The Morgan fingerprint density at radius 3 is 2.68 bits per heavy atom. The van der Waals surface area contributed by atoms with Crippen LogP contribution in [0.2, 0.25) is 0 Å². The molecule has 0 aromatic heterocycles. The number of likely N-dealkylation sites (tertiary alicyclic amines) is 1. The van der Waals surface area contributed by atoms with Gasteiger partial charge in [-0.25, -0.2) is 4.39 Å². The van der Waals surface area contributed by atoms with Gasteiger partial charge in [0, 0.05) is 24.5 Å². The number of alkyl halides is 3. The molecule has 2 aromatic rings. The van der Waals surface area contributed by atoms with Crippen LogP contribution in [0.4, 0.5) is 17.6 Å². The highest BCUT2D eigenvalue weighted by Crippen LogP contribution is 2.50. The molecule has 1 saturated carbocycles. The third-order valence-corrected chi connectivity index (χ3v) is 9.27. The van der Waals surface area contributed by atoms with Crippen molar-refractivity contribution in [2.75, 3.05) is 13.1 Å². The van der Waals surface area contributed by atoms with Crippen LogP contribution >= 0.6 is 0 Å². The van der Waals surface area contributed by atoms with E-state index >= 15 is 0 Å². The second-order valence-electron chi connectivity index (χ2n) is 11.6. The number of amides is 1. The Morgan fingerprint density at radius 1 is 1.16 bits per heavy atom. The average Bonchev–Trinajstić information content (AvgIpc) is 3.48. The zero-order chi connectivity index (χ0) is 27.1. The summed E-state index contributed by atoms with van der Waals surface area (Å²) < 4.78 is 53.2. The Balaban J connectivity index is 1.25. The summed E-state index contributed by atoms with van der Waals surface area (Å²) >= 11 is 0. The molecule has 1 saturated heterocycles. The van der Waals surface area contributed by atoms with Crippen LogP contribution in [0, 0.1) is 17.2 Å². The Morgan fingerprint density at radius 2 is 1.95 bits per heavy atom. The molecule has 1 amide bonds. The number of nitrogens with zero attached hydrogens (tertiary/aromatic N) is 1. The summed E-state index contributed by atoms with van der Waals surface area (Å²) in [6.07, 6.45) is 5.06. The summed E-state index contributed by atoms with van der Waals surface area (Å²) in [4.78, 5) is 16.0. The Labute approximate surface area is 222 Å². The van der Waals surface area contributed by atoms with Gasteiger partial charge in [-0.05, 0) is 79.5 Å². The molecular weight excluding hydrogens is 492 g/mol. The number of hydrogen-bond donors (Lipinski definition) is 1. The normalized spacial score (nSPS) is 29.1. The minimum Gasteiger partial charge on any atom is -0.352 e. The highest BCUT2D eigenvalue weighted by molar-refractivity contribution is 5.83. The Kier molecular flexibility index (Phi) is 7.18. The molecule has 4 atom stereocenters. The minimum absolute atomic E-state index is 0.0732. The number of allylic oxidation sites excluding steroid dienone is 1. The lowest BCUT2D eigenvalue weighted by Gasteiger charge is -2.46. The van der Waals surface area contributed by atoms with Crippen molar-refractivity contribution in [1.29, 1.82) is 0 Å². The maximum absolute atomic E-state index is 13.8. The van der Waals surface area contributed by atoms with E-state index in [9.17, 15) is 22.4 Å². The number of rotatable bonds is 6. The molecule has 1 heterocycles. The summed E-state index contributed by atoms with van der Waals surface area (Å²) in [6, 6.07) is 11.4. The van der Waals surface area contributed by atoms with Crippen LogP contribution in [0.1, 0.15) is 74.6 Å². The fraction of sp³-hybridized carbons (Fsp3) is 0.516. The number of nitrogens with one attached hydrogen (secondary N) is 1. The van der Waals surface area contributed by atoms with Crippen molar-refractivity contribution in [1.82, 2.24) is 10.2 Å². The van der Waals surface area contributed by atoms with E-state index in [1.807, 2.05) is 0 Å². The lowest BCUT2D eigenvalue weighted by atomic mass is 9.67. The van der Waals surface area contributed by atoms with Gasteiger partial charge >= 0.3 is 6.18 Å². The van der Waals surface area contributed by atoms with Crippen LogP contribution in [0.25, 0.3) is 6.08 Å². The van der Waals surface area contributed by atoms with E-state index < -0.39 is 23.0 Å². The van der Waals surface area contributed by atoms with Crippen LogP contribution in [-0.4, -0.2) is 29.9 Å². The standard InChI is InChI=1S/C31H36F4N2O/c1-3-10-29(28(38)36-19-22-15-24(31(33,34)35)17-25(32)16-22)11-9-26(18-29)37-14-13-30(21(2)20-37)12-8-23-6-4-5-7-27(23)30/h4-8,12,15-17,21,26H,3,9-11,13-14,18-20H2,1-2H3,(H,36,38)/t21-,26?,29?,30+/m0/s1. The first-order valence-corrected chi connectivity index (χ1v) is 13.7. The number of piperidine rings is 1. The fourth-order valence-electron chi connectivity index (χ4n) is 7.28. The molecule has 204 valence electrons. The third kappa shape index (κ3) is 4.90. The first-order chi connectivity index (χ1) is 18.1. The van der Waals surface area contributed by atoms with E-state index in [1.54, 1.807) is 0 Å². The predicted molar refractivity (Wildman–Crippen MR) is 141 cm³/mol. The van der Waals surface area contributed by atoms with Crippen molar-refractivity contribution in [2.24, 2.45) is 11.3 Å². The second-order valence-corrected chi connectivity index (χ2v) is 11.6. The monoisotopic (exact) mass is 528 g/mol. The highest BCUT2D eigenvalue weighted by atomic mass is 19.4. The molecule has 5 rings (SSSR count). The van der Waals surface area contributed by atoms with Crippen molar-refractivity contribution < 1.29 is 22.4 Å². The number of halogens is 4. The molecule has 2 aromatic carbocycles. The minimum atomic E-state index is -4.64. The van der Waals surface area contributed by atoms with Crippen molar-refractivity contribution >= 4 is 12.0 Å². The molecule has 38 heavy (non-hydrogen) atoms. The SMILES string of the molecule is CCCC1(C(=O)NCc2cc(F)cc(C(F)(F)F)c2)CCC(N2CC[C@]3(C=Cc4ccccc43)[C@@H](C)C2)C1. The summed E-state index contributed by atoms with van der Waals surface area (Å²) in [7, 11) is 0. The van der Waals surface area contributed by atoms with Gasteiger partial charge < -0.3 is 5.32 Å². The van der Waals surface area contributed by atoms with E-state index in [0.29, 0.717) is 18.0 Å². The molecule has 7 heteroatoms. The number of carbonyl (C=O) groups is 1. The van der Waals surface area contributed by atoms with Crippen molar-refractivity contribution in [3.63, 3.8) is 0 Å². The Hall–Kier alpha value is -2.67. The van der Waals surface area contributed by atoms with Crippen LogP contribution < -0.4 is 5.32 Å². The van der Waals surface area contributed by atoms with Gasteiger partial charge in [0.15, 0.2) is 0 Å². The van der Waals surface area contributed by atoms with Gasteiger partial charge in [0.2, 0.25) is 5.91 Å². The van der Waals surface area contributed by atoms with Gasteiger partial charge in [-0.15, -0.1) is 0 Å². The van der Waals surface area contributed by atoms with Crippen LogP contribution in [-0.2, 0) is 22.9 Å². The summed E-state index contributed by atoms with van der Waals surface area (Å²) in [5.74, 6) is -0.638.